The van der Waals surface area contributed by atoms with E-state index in [9.17, 15) is 32.8 Å². The first-order valence-corrected chi connectivity index (χ1v) is 27.3. The van der Waals surface area contributed by atoms with Crippen LogP contribution in [-0.2, 0) is 6.54 Å². The fourth-order valence-electron chi connectivity index (χ4n) is 10.3. The van der Waals surface area contributed by atoms with Gasteiger partial charge >= 0.3 is 0 Å². The minimum Gasteiger partial charge on any atom is -0.490 e. The highest BCUT2D eigenvalue weighted by Gasteiger charge is 2.29. The van der Waals surface area contributed by atoms with Crippen LogP contribution in [0, 0.1) is 34.3 Å². The molecule has 2 aliphatic heterocycles. The van der Waals surface area contributed by atoms with Crippen LogP contribution in [0.25, 0.3) is 0 Å². The number of pyridine rings is 2. The Hall–Kier alpha value is -9.07. The summed E-state index contributed by atoms with van der Waals surface area (Å²) in [5, 5.41) is 23.9. The van der Waals surface area contributed by atoms with Crippen molar-refractivity contribution < 1.29 is 42.2 Å². The number of nitrogens with zero attached hydrogens (tertiary/aromatic N) is 8. The summed E-state index contributed by atoms with van der Waals surface area (Å²) < 4.78 is 38.3. The molecule has 5 amide bonds. The van der Waals surface area contributed by atoms with E-state index in [4.69, 9.17) is 20.0 Å². The number of aromatic nitrogens is 2. The molecular formula is C62H62F2N10O7. The van der Waals surface area contributed by atoms with Gasteiger partial charge in [0.1, 0.15) is 34.5 Å². The predicted molar refractivity (Wildman–Crippen MR) is 295 cm³/mol. The third-order valence-corrected chi connectivity index (χ3v) is 15.0. The molecule has 2 aromatic heterocycles. The number of nitriles is 2. The SMILES string of the molecule is N#Cc1ccc(OC2CCC(NC(=O)c3ccc(C(=O)N4CCN(C(=O)c5ccc(F)cc5)CC4)cn3)CC2)cc1.N#Cc1ccc(OC2CCC(NC(=O)c3ccc(C(=O)N4CCN(Cc5ccc(F)cc5)CC4)cn3)CC2)cc1. The summed E-state index contributed by atoms with van der Waals surface area (Å²) in [6.45, 7) is 4.86. The van der Waals surface area contributed by atoms with Gasteiger partial charge in [-0.25, -0.2) is 8.78 Å². The van der Waals surface area contributed by atoms with Crippen LogP contribution in [0.4, 0.5) is 8.78 Å². The number of rotatable bonds is 13. The van der Waals surface area contributed by atoms with Crippen molar-refractivity contribution in [2.24, 2.45) is 0 Å². The molecule has 4 heterocycles. The molecule has 2 N–H and O–H groups in total. The van der Waals surface area contributed by atoms with Crippen molar-refractivity contribution >= 4 is 29.5 Å². The predicted octanol–water partition coefficient (Wildman–Crippen LogP) is 7.98. The number of carbonyl (C=O) groups excluding carboxylic acids is 5. The van der Waals surface area contributed by atoms with E-state index in [-0.39, 0.29) is 71.0 Å². The van der Waals surface area contributed by atoms with Crippen LogP contribution in [0.2, 0.25) is 0 Å². The number of piperazine rings is 2. The highest BCUT2D eigenvalue weighted by Crippen LogP contribution is 2.27. The molecule has 0 unspecified atom stereocenters. The van der Waals surface area contributed by atoms with Gasteiger partial charge in [-0.05, 0) is 166 Å². The molecule has 0 bridgehead atoms. The number of amides is 5. The highest BCUT2D eigenvalue weighted by atomic mass is 19.1. The number of benzene rings is 4. The number of carbonyl (C=O) groups is 5. The molecule has 2 aliphatic carbocycles. The molecule has 0 spiro atoms. The van der Waals surface area contributed by atoms with Gasteiger partial charge in [0.2, 0.25) is 0 Å². The second-order valence-corrected chi connectivity index (χ2v) is 20.6. The average molecular weight is 1100 g/mol. The van der Waals surface area contributed by atoms with Crippen molar-refractivity contribution in [1.82, 2.24) is 40.2 Å². The monoisotopic (exact) mass is 1100 g/mol. The minimum absolute atomic E-state index is 0.0142. The van der Waals surface area contributed by atoms with Crippen LogP contribution >= 0.6 is 0 Å². The summed E-state index contributed by atoms with van der Waals surface area (Å²) in [5.74, 6) is -0.192. The van der Waals surface area contributed by atoms with Crippen LogP contribution in [0.1, 0.15) is 120 Å². The van der Waals surface area contributed by atoms with E-state index in [1.165, 1.54) is 48.8 Å². The van der Waals surface area contributed by atoms with Gasteiger partial charge < -0.3 is 34.8 Å². The molecular weight excluding hydrogens is 1030 g/mol. The fraction of sp³-hybridized carbons (Fsp3) is 0.339. The Morgan fingerprint density at radius 2 is 0.827 bits per heavy atom. The molecule has 19 heteroatoms. The second-order valence-electron chi connectivity index (χ2n) is 20.6. The highest BCUT2D eigenvalue weighted by molar-refractivity contribution is 5.98. The second kappa shape index (κ2) is 27.2. The number of nitrogens with one attached hydrogen (secondary N) is 2. The zero-order chi connectivity index (χ0) is 56.7. The summed E-state index contributed by atoms with van der Waals surface area (Å²) in [7, 11) is 0. The smallest absolute Gasteiger partial charge is 0.270 e. The third-order valence-electron chi connectivity index (χ3n) is 15.0. The van der Waals surface area contributed by atoms with Gasteiger partial charge in [0.05, 0.1) is 46.6 Å². The van der Waals surface area contributed by atoms with E-state index in [0.29, 0.717) is 67.1 Å². The maximum absolute atomic E-state index is 13.2. The van der Waals surface area contributed by atoms with E-state index in [1.807, 2.05) is 12.1 Å². The molecule has 10 rings (SSSR count). The van der Waals surface area contributed by atoms with Gasteiger partial charge in [-0.3, -0.25) is 38.8 Å². The lowest BCUT2D eigenvalue weighted by Crippen LogP contribution is -2.50. The molecule has 4 aromatic carbocycles. The number of ether oxygens (including phenoxy) is 2. The first-order valence-electron chi connectivity index (χ1n) is 27.3. The van der Waals surface area contributed by atoms with Gasteiger partial charge in [-0.15, -0.1) is 0 Å². The summed E-state index contributed by atoms with van der Waals surface area (Å²) in [6.07, 6.45) is 9.43. The zero-order valence-electron chi connectivity index (χ0n) is 44.7. The van der Waals surface area contributed by atoms with Crippen molar-refractivity contribution in [2.45, 2.75) is 82.2 Å². The Morgan fingerprint density at radius 1 is 0.469 bits per heavy atom. The van der Waals surface area contributed by atoms with E-state index in [1.54, 1.807) is 87.5 Å². The van der Waals surface area contributed by atoms with Crippen molar-refractivity contribution in [2.75, 3.05) is 52.4 Å². The molecule has 17 nitrogen and oxygen atoms in total. The molecule has 0 radical (unpaired) electrons. The fourth-order valence-corrected chi connectivity index (χ4v) is 10.3. The summed E-state index contributed by atoms with van der Waals surface area (Å²) in [4.78, 5) is 80.1. The molecule has 2 saturated heterocycles. The largest absolute Gasteiger partial charge is 0.490 e. The third kappa shape index (κ3) is 15.6. The van der Waals surface area contributed by atoms with Gasteiger partial charge in [-0.2, -0.15) is 10.5 Å². The Morgan fingerprint density at radius 3 is 1.20 bits per heavy atom. The van der Waals surface area contributed by atoms with Gasteiger partial charge in [0, 0.05) is 88.9 Å². The Labute approximate surface area is 469 Å². The summed E-state index contributed by atoms with van der Waals surface area (Å²) in [5.41, 5.74) is 4.01. The standard InChI is InChI=1S/C31H30FN5O4.C31H32FN5O3/c32-24-6-3-22(4-7-24)30(39)36-15-17-37(18-16-36)31(40)23-5-14-28(34-20-23)29(38)35-25-8-12-27(13-9-25)41-26-10-1-21(19-33)2-11-26;32-25-6-1-23(2-7-25)21-36-15-17-37(18-16-36)31(39)24-5-14-29(34-20-24)30(38)35-26-8-12-28(13-9-26)40-27-10-3-22(19-33)4-11-27/h1-7,10-11,14,20,25,27H,8-9,12-13,15-18H2,(H,35,38);1-7,10-11,14,20,26,28H,8-9,12-13,15-18,21H2,(H,35,38). The zero-order valence-corrected chi connectivity index (χ0v) is 44.7. The lowest BCUT2D eigenvalue weighted by molar-refractivity contribution is 0.0535. The number of halogens is 2. The van der Waals surface area contributed by atoms with Crippen LogP contribution in [-0.4, -0.2) is 136 Å². The van der Waals surface area contributed by atoms with E-state index in [0.717, 1.165) is 88.1 Å². The van der Waals surface area contributed by atoms with E-state index >= 15 is 0 Å². The Kier molecular flexibility index (Phi) is 19.0. The first kappa shape index (κ1) is 56.6. The van der Waals surface area contributed by atoms with Crippen molar-refractivity contribution in [3.63, 3.8) is 0 Å². The molecule has 2 saturated carbocycles. The van der Waals surface area contributed by atoms with Crippen LogP contribution in [0.5, 0.6) is 11.5 Å². The lowest BCUT2D eigenvalue weighted by atomic mass is 9.92. The number of hydrogen-bond acceptors (Lipinski definition) is 12. The molecule has 4 fully saturated rings. The average Bonchev–Trinajstić information content (AvgIpc) is 3.51. The van der Waals surface area contributed by atoms with Crippen LogP contribution < -0.4 is 20.1 Å². The van der Waals surface area contributed by atoms with E-state index < -0.39 is 5.82 Å². The normalized spacial score (nSPS) is 19.1. The van der Waals surface area contributed by atoms with Crippen molar-refractivity contribution in [3.8, 4) is 23.6 Å². The topological polar surface area (TPSA) is 214 Å². The molecule has 416 valence electrons. The number of hydrogen-bond donors (Lipinski definition) is 2. The van der Waals surface area contributed by atoms with Crippen LogP contribution in [0.3, 0.4) is 0 Å². The van der Waals surface area contributed by atoms with Gasteiger partial charge in [0.25, 0.3) is 29.5 Å². The Bertz CT molecular complexity index is 3200. The molecule has 81 heavy (non-hydrogen) atoms. The van der Waals surface area contributed by atoms with Gasteiger partial charge in [-0.1, -0.05) is 12.1 Å². The Balaban J connectivity index is 0.000000196. The van der Waals surface area contributed by atoms with Crippen LogP contribution in [0.15, 0.2) is 134 Å². The minimum atomic E-state index is -0.399. The quantitative estimate of drug-likeness (QED) is 0.113. The first-order chi connectivity index (χ1) is 39.4. The van der Waals surface area contributed by atoms with Crippen molar-refractivity contribution in [3.05, 3.63) is 190 Å². The lowest BCUT2D eigenvalue weighted by Gasteiger charge is -2.34. The van der Waals surface area contributed by atoms with Gasteiger partial charge in [0.15, 0.2) is 0 Å². The maximum atomic E-state index is 13.2. The molecule has 4 aliphatic rings. The summed E-state index contributed by atoms with van der Waals surface area (Å²) >= 11 is 0. The van der Waals surface area contributed by atoms with Crippen molar-refractivity contribution in [1.29, 1.82) is 10.5 Å². The molecule has 6 aromatic rings. The maximum Gasteiger partial charge on any atom is 0.270 e. The van der Waals surface area contributed by atoms with E-state index in [2.05, 4.69) is 37.6 Å². The molecule has 0 atom stereocenters. The summed E-state index contributed by atoms with van der Waals surface area (Å²) in [6, 6.07) is 36.7.